The van der Waals surface area contributed by atoms with Crippen LogP contribution < -0.4 is 0 Å². The third-order valence-electron chi connectivity index (χ3n) is 4.94. The molecule has 4 aliphatic rings. The van der Waals surface area contributed by atoms with Crippen LogP contribution in [0.1, 0.15) is 46.5 Å². The molecule has 0 aromatic carbocycles. The van der Waals surface area contributed by atoms with Crippen molar-refractivity contribution in [3.05, 3.63) is 0 Å². The van der Waals surface area contributed by atoms with Gasteiger partial charge in [0.1, 0.15) is 6.10 Å². The second-order valence-corrected chi connectivity index (χ2v) is 6.87. The Morgan fingerprint density at radius 1 is 1.06 bits per heavy atom. The zero-order valence-corrected chi connectivity index (χ0v) is 11.3. The SMILES string of the molecule is C[C@H]1CC[C@]2(C[C@@H]3[C@H]4OC(C)(C)O[C@H]4O[C@@H]3C2)O1. The van der Waals surface area contributed by atoms with Gasteiger partial charge in [-0.15, -0.1) is 0 Å². The molecule has 0 amide bonds. The van der Waals surface area contributed by atoms with Gasteiger partial charge in [-0.05, 0) is 40.0 Å². The van der Waals surface area contributed by atoms with E-state index in [-0.39, 0.29) is 24.1 Å². The average Bonchev–Trinajstić information content (AvgIpc) is 2.91. The molecule has 102 valence electrons. The van der Waals surface area contributed by atoms with E-state index in [1.807, 2.05) is 13.8 Å². The topological polar surface area (TPSA) is 36.9 Å². The van der Waals surface area contributed by atoms with Crippen molar-refractivity contribution < 1.29 is 18.9 Å². The van der Waals surface area contributed by atoms with Crippen LogP contribution in [0.4, 0.5) is 0 Å². The summed E-state index contributed by atoms with van der Waals surface area (Å²) in [5.41, 5.74) is 0.0653. The van der Waals surface area contributed by atoms with E-state index >= 15 is 0 Å². The normalized spacial score (nSPS) is 57.2. The molecule has 4 nitrogen and oxygen atoms in total. The molecule has 0 N–H and O–H groups in total. The summed E-state index contributed by atoms with van der Waals surface area (Å²) in [7, 11) is 0. The fourth-order valence-electron chi connectivity index (χ4n) is 4.27. The maximum absolute atomic E-state index is 6.17. The smallest absolute Gasteiger partial charge is 0.187 e. The maximum atomic E-state index is 6.17. The van der Waals surface area contributed by atoms with Gasteiger partial charge in [0.25, 0.3) is 0 Å². The Kier molecular flexibility index (Phi) is 2.25. The van der Waals surface area contributed by atoms with E-state index < -0.39 is 5.79 Å². The van der Waals surface area contributed by atoms with E-state index in [1.165, 1.54) is 12.8 Å². The standard InChI is InChI=1S/C14H22O4/c1-8-4-5-14(16-8)6-9-10(7-14)15-12-11(9)17-13(2,3)18-12/h8-12H,4-7H2,1-3H3/t8-,9-,10+,11+,12+,14+/m0/s1. The summed E-state index contributed by atoms with van der Waals surface area (Å²) < 4.78 is 24.0. The largest absolute Gasteiger partial charge is 0.372 e. The molecule has 3 saturated heterocycles. The van der Waals surface area contributed by atoms with E-state index in [9.17, 15) is 0 Å². The van der Waals surface area contributed by atoms with Crippen LogP contribution in [0.15, 0.2) is 0 Å². The maximum Gasteiger partial charge on any atom is 0.187 e. The van der Waals surface area contributed by atoms with E-state index in [0.29, 0.717) is 12.0 Å². The fraction of sp³-hybridized carbons (Fsp3) is 1.00. The molecular weight excluding hydrogens is 232 g/mol. The molecule has 4 fully saturated rings. The molecule has 0 bridgehead atoms. The Balaban J connectivity index is 1.52. The van der Waals surface area contributed by atoms with Crippen LogP contribution in [0.2, 0.25) is 0 Å². The second-order valence-electron chi connectivity index (χ2n) is 6.87. The van der Waals surface area contributed by atoms with Crippen molar-refractivity contribution in [3.63, 3.8) is 0 Å². The summed E-state index contributed by atoms with van der Waals surface area (Å²) >= 11 is 0. The van der Waals surface area contributed by atoms with Crippen LogP contribution >= 0.6 is 0 Å². The highest BCUT2D eigenvalue weighted by Gasteiger charge is 2.62. The predicted molar refractivity (Wildman–Crippen MR) is 63.9 cm³/mol. The van der Waals surface area contributed by atoms with E-state index in [2.05, 4.69) is 6.92 Å². The summed E-state index contributed by atoms with van der Waals surface area (Å²) in [5.74, 6) is -0.0538. The predicted octanol–water partition coefficient (Wildman–Crippen LogP) is 2.21. The van der Waals surface area contributed by atoms with Crippen LogP contribution in [0, 0.1) is 5.92 Å². The molecule has 3 heterocycles. The van der Waals surface area contributed by atoms with Crippen molar-refractivity contribution in [2.24, 2.45) is 5.92 Å². The molecule has 0 aromatic heterocycles. The molecule has 4 heteroatoms. The van der Waals surface area contributed by atoms with Crippen molar-refractivity contribution >= 4 is 0 Å². The minimum atomic E-state index is -0.500. The Labute approximate surface area is 108 Å². The average molecular weight is 254 g/mol. The van der Waals surface area contributed by atoms with Gasteiger partial charge in [-0.1, -0.05) is 0 Å². The molecule has 4 rings (SSSR count). The molecule has 1 spiro atoms. The van der Waals surface area contributed by atoms with Gasteiger partial charge in [-0.25, -0.2) is 0 Å². The molecule has 18 heavy (non-hydrogen) atoms. The molecule has 0 aromatic rings. The van der Waals surface area contributed by atoms with Crippen LogP contribution in [-0.4, -0.2) is 36.0 Å². The van der Waals surface area contributed by atoms with E-state index in [0.717, 1.165) is 12.8 Å². The first-order valence-corrected chi connectivity index (χ1v) is 7.15. The molecule has 3 aliphatic heterocycles. The van der Waals surface area contributed by atoms with Gasteiger partial charge in [-0.2, -0.15) is 0 Å². The van der Waals surface area contributed by atoms with Gasteiger partial charge >= 0.3 is 0 Å². The van der Waals surface area contributed by atoms with Crippen molar-refractivity contribution in [1.29, 1.82) is 0 Å². The highest BCUT2D eigenvalue weighted by atomic mass is 16.8. The summed E-state index contributed by atoms with van der Waals surface area (Å²) in [4.78, 5) is 0. The Morgan fingerprint density at radius 2 is 1.89 bits per heavy atom. The molecule has 6 atom stereocenters. The quantitative estimate of drug-likeness (QED) is 0.664. The second kappa shape index (κ2) is 3.48. The Bertz CT molecular complexity index is 369. The minimum absolute atomic E-state index is 0.0653. The van der Waals surface area contributed by atoms with E-state index in [4.69, 9.17) is 18.9 Å². The molecule has 1 saturated carbocycles. The van der Waals surface area contributed by atoms with Crippen LogP contribution in [0.5, 0.6) is 0 Å². The molecule has 1 aliphatic carbocycles. The highest BCUT2D eigenvalue weighted by Crippen LogP contribution is 2.54. The fourth-order valence-corrected chi connectivity index (χ4v) is 4.27. The van der Waals surface area contributed by atoms with Crippen molar-refractivity contribution in [2.45, 2.75) is 82.4 Å². The van der Waals surface area contributed by atoms with E-state index in [1.54, 1.807) is 0 Å². The number of hydrogen-bond donors (Lipinski definition) is 0. The van der Waals surface area contributed by atoms with Gasteiger partial charge in [-0.3, -0.25) is 0 Å². The Morgan fingerprint density at radius 3 is 2.61 bits per heavy atom. The highest BCUT2D eigenvalue weighted by molar-refractivity contribution is 5.07. The molecular formula is C14H22O4. The van der Waals surface area contributed by atoms with Crippen LogP contribution in [-0.2, 0) is 18.9 Å². The lowest BCUT2D eigenvalue weighted by atomic mass is 9.94. The summed E-state index contributed by atoms with van der Waals surface area (Å²) in [6, 6.07) is 0. The lowest BCUT2D eigenvalue weighted by molar-refractivity contribution is -0.208. The van der Waals surface area contributed by atoms with Crippen LogP contribution in [0.3, 0.4) is 0 Å². The van der Waals surface area contributed by atoms with Gasteiger partial charge in [0, 0.05) is 12.3 Å². The number of fused-ring (bicyclic) bond motifs is 3. The first-order valence-electron chi connectivity index (χ1n) is 7.15. The number of rotatable bonds is 0. The number of hydrogen-bond acceptors (Lipinski definition) is 4. The van der Waals surface area contributed by atoms with Crippen molar-refractivity contribution in [2.75, 3.05) is 0 Å². The van der Waals surface area contributed by atoms with Crippen molar-refractivity contribution in [3.8, 4) is 0 Å². The lowest BCUT2D eigenvalue weighted by Gasteiger charge is -2.25. The van der Waals surface area contributed by atoms with Gasteiger partial charge in [0.15, 0.2) is 12.1 Å². The zero-order valence-electron chi connectivity index (χ0n) is 11.3. The number of ether oxygens (including phenoxy) is 4. The monoisotopic (exact) mass is 254 g/mol. The lowest BCUT2D eigenvalue weighted by Crippen LogP contribution is -2.30. The van der Waals surface area contributed by atoms with Crippen LogP contribution in [0.25, 0.3) is 0 Å². The third kappa shape index (κ3) is 1.59. The zero-order chi connectivity index (χ0) is 12.5. The third-order valence-corrected chi connectivity index (χ3v) is 4.94. The molecule has 0 unspecified atom stereocenters. The minimum Gasteiger partial charge on any atom is -0.372 e. The first-order chi connectivity index (χ1) is 8.46. The van der Waals surface area contributed by atoms with Gasteiger partial charge in [0.05, 0.1) is 17.8 Å². The summed E-state index contributed by atoms with van der Waals surface area (Å²) in [5, 5.41) is 0. The molecule has 0 radical (unpaired) electrons. The van der Waals surface area contributed by atoms with Gasteiger partial charge in [0.2, 0.25) is 0 Å². The van der Waals surface area contributed by atoms with Gasteiger partial charge < -0.3 is 18.9 Å². The summed E-state index contributed by atoms with van der Waals surface area (Å²) in [6.45, 7) is 6.09. The Hall–Kier alpha value is -0.160. The first kappa shape index (κ1) is 11.6. The summed E-state index contributed by atoms with van der Waals surface area (Å²) in [6.07, 6.45) is 5.04. The van der Waals surface area contributed by atoms with Crippen molar-refractivity contribution in [1.82, 2.24) is 0 Å².